The molecule has 1 aliphatic rings. The van der Waals surface area contributed by atoms with Crippen LogP contribution in [0.3, 0.4) is 0 Å². The van der Waals surface area contributed by atoms with Gasteiger partial charge in [0.25, 0.3) is 0 Å². The first-order chi connectivity index (χ1) is 16.2. The second-order valence-electron chi connectivity index (χ2n) is 9.21. The number of amides is 1. The number of hydrogen-bond acceptors (Lipinski definition) is 6. The first-order valence-corrected chi connectivity index (χ1v) is 11.9. The van der Waals surface area contributed by atoms with Gasteiger partial charge < -0.3 is 19.5 Å². The van der Waals surface area contributed by atoms with E-state index in [4.69, 9.17) is 25.8 Å². The number of ether oxygens (including phenoxy) is 3. The molecule has 0 saturated carbocycles. The van der Waals surface area contributed by atoms with Gasteiger partial charge in [-0.05, 0) is 49.6 Å². The maximum absolute atomic E-state index is 12.6. The molecule has 7 nitrogen and oxygen atoms in total. The van der Waals surface area contributed by atoms with E-state index in [-0.39, 0.29) is 12.4 Å². The van der Waals surface area contributed by atoms with Crippen LogP contribution in [0, 0.1) is 0 Å². The van der Waals surface area contributed by atoms with Crippen molar-refractivity contribution < 1.29 is 23.8 Å². The van der Waals surface area contributed by atoms with E-state index < -0.39 is 17.7 Å². The highest BCUT2D eigenvalue weighted by Crippen LogP contribution is 2.26. The van der Waals surface area contributed by atoms with Crippen LogP contribution < -0.4 is 5.32 Å². The summed E-state index contributed by atoms with van der Waals surface area (Å²) in [5.74, 6) is -0.381. The average molecular weight is 489 g/mol. The molecule has 1 heterocycles. The second kappa shape index (κ2) is 12.2. The number of hydrogen-bond donors (Lipinski definition) is 1. The molecule has 0 aliphatic carbocycles. The van der Waals surface area contributed by atoms with Crippen LogP contribution in [0.2, 0.25) is 5.02 Å². The monoisotopic (exact) mass is 488 g/mol. The van der Waals surface area contributed by atoms with E-state index in [1.807, 2.05) is 48.5 Å². The number of halogens is 1. The Kier molecular flexibility index (Phi) is 9.33. The van der Waals surface area contributed by atoms with E-state index in [0.29, 0.717) is 31.4 Å². The number of carbonyl (C=O) groups is 2. The molecule has 184 valence electrons. The third-order valence-electron chi connectivity index (χ3n) is 5.31. The van der Waals surface area contributed by atoms with Gasteiger partial charge in [-0.2, -0.15) is 0 Å². The van der Waals surface area contributed by atoms with Gasteiger partial charge in [0.1, 0.15) is 12.2 Å². The SMILES string of the molecule is CC(C)(C)OC(=O)NC(CC(=O)OCCN1CCOCC1)c1ccc(-c2cccc(Cl)c2)cc1. The zero-order chi connectivity index (χ0) is 24.6. The lowest BCUT2D eigenvalue weighted by molar-refractivity contribution is -0.144. The van der Waals surface area contributed by atoms with Crippen LogP contribution in [0.4, 0.5) is 4.79 Å². The molecular weight excluding hydrogens is 456 g/mol. The number of nitrogens with one attached hydrogen (secondary N) is 1. The summed E-state index contributed by atoms with van der Waals surface area (Å²) < 4.78 is 16.2. The zero-order valence-electron chi connectivity index (χ0n) is 20.0. The van der Waals surface area contributed by atoms with Crippen LogP contribution in [0.15, 0.2) is 48.5 Å². The van der Waals surface area contributed by atoms with Crippen LogP contribution in [0.1, 0.15) is 38.8 Å². The molecule has 2 aromatic rings. The summed E-state index contributed by atoms with van der Waals surface area (Å²) in [5, 5.41) is 3.48. The summed E-state index contributed by atoms with van der Waals surface area (Å²) in [6.45, 7) is 9.39. The summed E-state index contributed by atoms with van der Waals surface area (Å²) in [5.41, 5.74) is 2.10. The Morgan fingerprint density at radius 1 is 1.09 bits per heavy atom. The summed E-state index contributed by atoms with van der Waals surface area (Å²) in [4.78, 5) is 27.2. The predicted molar refractivity (Wildman–Crippen MR) is 132 cm³/mol. The number of morpholine rings is 1. The van der Waals surface area contributed by atoms with Gasteiger partial charge >= 0.3 is 12.1 Å². The van der Waals surface area contributed by atoms with E-state index in [9.17, 15) is 9.59 Å². The first kappa shape index (κ1) is 26.0. The van der Waals surface area contributed by atoms with E-state index in [0.717, 1.165) is 29.8 Å². The third-order valence-corrected chi connectivity index (χ3v) is 5.54. The fourth-order valence-corrected chi connectivity index (χ4v) is 3.81. The molecule has 1 aliphatic heterocycles. The molecule has 1 N–H and O–H groups in total. The first-order valence-electron chi connectivity index (χ1n) is 11.5. The highest BCUT2D eigenvalue weighted by atomic mass is 35.5. The Labute approximate surface area is 206 Å². The van der Waals surface area contributed by atoms with Crippen LogP contribution in [0.25, 0.3) is 11.1 Å². The number of carbonyl (C=O) groups excluding carboxylic acids is 2. The molecule has 0 radical (unpaired) electrons. The number of benzene rings is 2. The lowest BCUT2D eigenvalue weighted by atomic mass is 9.99. The third kappa shape index (κ3) is 8.63. The number of nitrogens with zero attached hydrogens (tertiary/aromatic N) is 1. The minimum absolute atomic E-state index is 0.00113. The maximum Gasteiger partial charge on any atom is 0.408 e. The second-order valence-corrected chi connectivity index (χ2v) is 9.65. The van der Waals surface area contributed by atoms with Crippen molar-refractivity contribution in [3.05, 3.63) is 59.1 Å². The van der Waals surface area contributed by atoms with Crippen molar-refractivity contribution in [3.63, 3.8) is 0 Å². The van der Waals surface area contributed by atoms with Gasteiger partial charge in [-0.25, -0.2) is 4.79 Å². The quantitative estimate of drug-likeness (QED) is 0.536. The molecule has 1 atom stereocenters. The van der Waals surface area contributed by atoms with Crippen molar-refractivity contribution in [2.45, 2.75) is 38.8 Å². The summed E-state index contributed by atoms with van der Waals surface area (Å²) in [6.07, 6.45) is -0.587. The van der Waals surface area contributed by atoms with Crippen LogP contribution in [-0.4, -0.2) is 62.0 Å². The standard InChI is InChI=1S/C26H33ClN2O5/c1-26(2,3)34-25(31)28-23(18-24(30)33-16-13-29-11-14-32-15-12-29)20-9-7-19(8-10-20)21-5-4-6-22(27)17-21/h4-10,17,23H,11-16,18H2,1-3H3,(H,28,31). The van der Waals surface area contributed by atoms with Crippen LogP contribution >= 0.6 is 11.6 Å². The molecule has 1 fully saturated rings. The fourth-order valence-electron chi connectivity index (χ4n) is 3.62. The highest BCUT2D eigenvalue weighted by Gasteiger charge is 2.23. The van der Waals surface area contributed by atoms with Gasteiger partial charge in [-0.15, -0.1) is 0 Å². The Hall–Kier alpha value is -2.61. The smallest absolute Gasteiger partial charge is 0.408 e. The van der Waals surface area contributed by atoms with Gasteiger partial charge in [-0.1, -0.05) is 48.0 Å². The van der Waals surface area contributed by atoms with Crippen molar-refractivity contribution in [2.24, 2.45) is 0 Å². The topological polar surface area (TPSA) is 77.1 Å². The molecule has 1 saturated heterocycles. The summed E-state index contributed by atoms with van der Waals surface area (Å²) in [7, 11) is 0. The van der Waals surface area contributed by atoms with Gasteiger partial charge in [0.15, 0.2) is 0 Å². The number of esters is 1. The Morgan fingerprint density at radius 2 is 1.79 bits per heavy atom. The van der Waals surface area contributed by atoms with Crippen molar-refractivity contribution >= 4 is 23.7 Å². The lowest BCUT2D eigenvalue weighted by Crippen LogP contribution is -2.39. The Bertz CT molecular complexity index is 952. The van der Waals surface area contributed by atoms with Gasteiger partial charge in [0.05, 0.1) is 25.7 Å². The summed E-state index contributed by atoms with van der Waals surface area (Å²) >= 11 is 6.11. The Morgan fingerprint density at radius 3 is 2.44 bits per heavy atom. The van der Waals surface area contributed by atoms with E-state index >= 15 is 0 Å². The van der Waals surface area contributed by atoms with Crippen LogP contribution in [-0.2, 0) is 19.0 Å². The molecule has 34 heavy (non-hydrogen) atoms. The molecule has 0 bridgehead atoms. The van der Waals surface area contributed by atoms with E-state index in [2.05, 4.69) is 10.2 Å². The van der Waals surface area contributed by atoms with Gasteiger partial charge in [-0.3, -0.25) is 9.69 Å². The van der Waals surface area contributed by atoms with Crippen LogP contribution in [0.5, 0.6) is 0 Å². The maximum atomic E-state index is 12.6. The van der Waals surface area contributed by atoms with Gasteiger partial charge in [0, 0.05) is 24.7 Å². The number of alkyl carbamates (subject to hydrolysis) is 1. The highest BCUT2D eigenvalue weighted by molar-refractivity contribution is 6.30. The summed E-state index contributed by atoms with van der Waals surface area (Å²) in [6, 6.07) is 14.7. The minimum atomic E-state index is -0.649. The van der Waals surface area contributed by atoms with E-state index in [1.54, 1.807) is 20.8 Å². The molecule has 0 aromatic heterocycles. The fraction of sp³-hybridized carbons (Fsp3) is 0.462. The molecule has 1 amide bonds. The molecular formula is C26H33ClN2O5. The van der Waals surface area contributed by atoms with E-state index in [1.165, 1.54) is 0 Å². The Balaban J connectivity index is 1.65. The largest absolute Gasteiger partial charge is 0.464 e. The normalized spacial score (nSPS) is 15.4. The predicted octanol–water partition coefficient (Wildman–Crippen LogP) is 4.84. The average Bonchev–Trinajstić information content (AvgIpc) is 2.78. The van der Waals surface area contributed by atoms with Crippen molar-refractivity contribution in [2.75, 3.05) is 39.5 Å². The zero-order valence-corrected chi connectivity index (χ0v) is 20.8. The number of rotatable bonds is 8. The van der Waals surface area contributed by atoms with Crippen molar-refractivity contribution in [3.8, 4) is 11.1 Å². The minimum Gasteiger partial charge on any atom is -0.464 e. The molecule has 2 aromatic carbocycles. The van der Waals surface area contributed by atoms with Gasteiger partial charge in [0.2, 0.25) is 0 Å². The molecule has 1 unspecified atom stereocenters. The molecule has 3 rings (SSSR count). The van der Waals surface area contributed by atoms with Crippen molar-refractivity contribution in [1.29, 1.82) is 0 Å². The molecule has 0 spiro atoms. The van der Waals surface area contributed by atoms with Crippen molar-refractivity contribution in [1.82, 2.24) is 10.2 Å². The molecule has 8 heteroatoms. The lowest BCUT2D eigenvalue weighted by Gasteiger charge is -2.26.